The Balaban J connectivity index is 2.16. The van der Waals surface area contributed by atoms with Crippen LogP contribution in [-0.4, -0.2) is 53.3 Å². The predicted octanol–water partition coefficient (Wildman–Crippen LogP) is 0.856. The number of hydrogen-bond acceptors (Lipinski definition) is 5. The summed E-state index contributed by atoms with van der Waals surface area (Å²) in [5, 5.41) is 2.46. The molecule has 2 unspecified atom stereocenters. The maximum absolute atomic E-state index is 12.5. The average molecular weight is 296 g/mol. The number of carbonyl (C=O) groups is 2. The smallest absolute Gasteiger partial charge is 0.274 e. The molecule has 1 fully saturated rings. The van der Waals surface area contributed by atoms with E-state index in [1.54, 1.807) is 24.4 Å². The van der Waals surface area contributed by atoms with Gasteiger partial charge in [0.25, 0.3) is 5.91 Å². The Hall–Kier alpha value is -1.47. The zero-order chi connectivity index (χ0) is 14.9. The molecule has 2 atom stereocenters. The van der Waals surface area contributed by atoms with E-state index < -0.39 is 0 Å². The summed E-state index contributed by atoms with van der Waals surface area (Å²) in [6.45, 7) is 2.44. The second-order valence-electron chi connectivity index (χ2n) is 5.25. The lowest BCUT2D eigenvalue weighted by Gasteiger charge is -2.25. The summed E-state index contributed by atoms with van der Waals surface area (Å²) in [6.07, 6.45) is 1.56. The quantitative estimate of drug-likeness (QED) is 0.897. The second kappa shape index (κ2) is 5.88. The molecule has 2 rings (SSSR count). The van der Waals surface area contributed by atoms with Crippen molar-refractivity contribution >= 4 is 23.2 Å². The molecular weight excluding hydrogens is 276 g/mol. The Bertz CT molecular complexity index is 512. The van der Waals surface area contributed by atoms with Gasteiger partial charge in [0, 0.05) is 26.0 Å². The molecule has 1 aliphatic rings. The zero-order valence-corrected chi connectivity index (χ0v) is 12.8. The van der Waals surface area contributed by atoms with E-state index in [9.17, 15) is 9.59 Å². The molecule has 20 heavy (non-hydrogen) atoms. The van der Waals surface area contributed by atoms with Crippen LogP contribution in [0.4, 0.5) is 0 Å². The van der Waals surface area contributed by atoms with Gasteiger partial charge in [-0.1, -0.05) is 0 Å². The standard InChI is InChI=1S/C13H20N4O2S/c1-8(14)11-15-9(7-20-11)12(18)17-6-4-5-10(17)13(19)16(2)3/h7-8,10H,4-6,14H2,1-3H3. The Morgan fingerprint density at radius 2 is 2.25 bits per heavy atom. The molecule has 0 bridgehead atoms. The molecule has 2 amide bonds. The number of likely N-dealkylation sites (N-methyl/N-ethyl adjacent to an activating group) is 1. The topological polar surface area (TPSA) is 79.5 Å². The van der Waals surface area contributed by atoms with E-state index in [0.29, 0.717) is 18.7 Å². The molecule has 2 heterocycles. The number of amides is 2. The number of thiazole rings is 1. The lowest BCUT2D eigenvalue weighted by Crippen LogP contribution is -2.45. The first-order valence-corrected chi connectivity index (χ1v) is 7.53. The van der Waals surface area contributed by atoms with Crippen LogP contribution in [-0.2, 0) is 4.79 Å². The fraction of sp³-hybridized carbons (Fsp3) is 0.615. The van der Waals surface area contributed by atoms with Crippen LogP contribution in [0, 0.1) is 0 Å². The van der Waals surface area contributed by atoms with Gasteiger partial charge in [-0.05, 0) is 19.8 Å². The molecule has 110 valence electrons. The summed E-state index contributed by atoms with van der Waals surface area (Å²) >= 11 is 1.38. The van der Waals surface area contributed by atoms with Gasteiger partial charge in [0.05, 0.1) is 6.04 Å². The van der Waals surface area contributed by atoms with E-state index in [1.807, 2.05) is 6.92 Å². The van der Waals surface area contributed by atoms with Crippen LogP contribution in [0.2, 0.25) is 0 Å². The summed E-state index contributed by atoms with van der Waals surface area (Å²) in [5.41, 5.74) is 6.15. The van der Waals surface area contributed by atoms with Crippen molar-refractivity contribution in [3.05, 3.63) is 16.1 Å². The lowest BCUT2D eigenvalue weighted by atomic mass is 10.2. The van der Waals surface area contributed by atoms with Crippen LogP contribution in [0.1, 0.15) is 41.3 Å². The van der Waals surface area contributed by atoms with Crippen molar-refractivity contribution in [3.8, 4) is 0 Å². The Kier molecular flexibility index (Phi) is 4.39. The molecule has 6 nitrogen and oxygen atoms in total. The second-order valence-corrected chi connectivity index (χ2v) is 6.14. The highest BCUT2D eigenvalue weighted by atomic mass is 32.1. The fourth-order valence-corrected chi connectivity index (χ4v) is 3.06. The molecule has 1 saturated heterocycles. The number of aromatic nitrogens is 1. The van der Waals surface area contributed by atoms with Gasteiger partial charge < -0.3 is 15.5 Å². The number of nitrogens with zero attached hydrogens (tertiary/aromatic N) is 3. The van der Waals surface area contributed by atoms with Crippen LogP contribution in [0.15, 0.2) is 5.38 Å². The first-order valence-electron chi connectivity index (χ1n) is 6.65. The van der Waals surface area contributed by atoms with Crippen molar-refractivity contribution in [2.24, 2.45) is 5.73 Å². The summed E-state index contributed by atoms with van der Waals surface area (Å²) < 4.78 is 0. The highest BCUT2D eigenvalue weighted by Crippen LogP contribution is 2.23. The van der Waals surface area contributed by atoms with Crippen LogP contribution in [0.5, 0.6) is 0 Å². The molecule has 0 aromatic carbocycles. The summed E-state index contributed by atoms with van der Waals surface area (Å²) in [5.74, 6) is -0.204. The van der Waals surface area contributed by atoms with E-state index in [0.717, 1.165) is 11.4 Å². The van der Waals surface area contributed by atoms with Gasteiger partial charge in [0.15, 0.2) is 0 Å². The van der Waals surface area contributed by atoms with Gasteiger partial charge >= 0.3 is 0 Å². The highest BCUT2D eigenvalue weighted by molar-refractivity contribution is 7.09. The van der Waals surface area contributed by atoms with Gasteiger partial charge in [0.1, 0.15) is 16.7 Å². The maximum atomic E-state index is 12.5. The van der Waals surface area contributed by atoms with Crippen molar-refractivity contribution in [2.45, 2.75) is 31.8 Å². The molecule has 7 heteroatoms. The van der Waals surface area contributed by atoms with E-state index in [1.165, 1.54) is 16.2 Å². The van der Waals surface area contributed by atoms with Crippen molar-refractivity contribution in [1.82, 2.24) is 14.8 Å². The van der Waals surface area contributed by atoms with Gasteiger partial charge in [-0.2, -0.15) is 0 Å². The largest absolute Gasteiger partial charge is 0.347 e. The summed E-state index contributed by atoms with van der Waals surface area (Å²) in [6, 6.07) is -0.544. The third-order valence-corrected chi connectivity index (χ3v) is 4.42. The molecule has 0 aliphatic carbocycles. The van der Waals surface area contributed by atoms with Gasteiger partial charge in [0.2, 0.25) is 5.91 Å². The lowest BCUT2D eigenvalue weighted by molar-refractivity contribution is -0.132. The maximum Gasteiger partial charge on any atom is 0.274 e. The van der Waals surface area contributed by atoms with Crippen LogP contribution in [0.25, 0.3) is 0 Å². The molecule has 1 aromatic rings. The van der Waals surface area contributed by atoms with Gasteiger partial charge in [-0.3, -0.25) is 9.59 Å². The normalized spacial score (nSPS) is 20.0. The molecule has 0 saturated carbocycles. The van der Waals surface area contributed by atoms with Gasteiger partial charge in [-0.25, -0.2) is 4.98 Å². The molecule has 2 N–H and O–H groups in total. The third-order valence-electron chi connectivity index (χ3n) is 3.37. The summed E-state index contributed by atoms with van der Waals surface area (Å²) in [7, 11) is 3.42. The number of likely N-dealkylation sites (tertiary alicyclic amines) is 1. The number of carbonyl (C=O) groups excluding carboxylic acids is 2. The van der Waals surface area contributed by atoms with Crippen molar-refractivity contribution in [3.63, 3.8) is 0 Å². The van der Waals surface area contributed by atoms with Crippen LogP contribution >= 0.6 is 11.3 Å². The molecular formula is C13H20N4O2S. The number of hydrogen-bond donors (Lipinski definition) is 1. The monoisotopic (exact) mass is 296 g/mol. The third kappa shape index (κ3) is 2.83. The minimum Gasteiger partial charge on any atom is -0.347 e. The van der Waals surface area contributed by atoms with E-state index in [4.69, 9.17) is 5.73 Å². The average Bonchev–Trinajstić information content (AvgIpc) is 3.05. The first kappa shape index (κ1) is 14.9. The minimum atomic E-state index is -0.363. The number of nitrogens with two attached hydrogens (primary N) is 1. The predicted molar refractivity (Wildman–Crippen MR) is 77.5 cm³/mol. The highest BCUT2D eigenvalue weighted by Gasteiger charge is 2.36. The van der Waals surface area contributed by atoms with Crippen molar-refractivity contribution in [1.29, 1.82) is 0 Å². The Labute approximate surface area is 122 Å². The number of rotatable bonds is 3. The van der Waals surface area contributed by atoms with E-state index in [2.05, 4.69) is 4.98 Å². The van der Waals surface area contributed by atoms with E-state index >= 15 is 0 Å². The van der Waals surface area contributed by atoms with Gasteiger partial charge in [-0.15, -0.1) is 11.3 Å². The van der Waals surface area contributed by atoms with Crippen molar-refractivity contribution in [2.75, 3.05) is 20.6 Å². The van der Waals surface area contributed by atoms with E-state index in [-0.39, 0.29) is 23.9 Å². The van der Waals surface area contributed by atoms with Crippen molar-refractivity contribution < 1.29 is 9.59 Å². The van der Waals surface area contributed by atoms with Crippen LogP contribution < -0.4 is 5.73 Å². The minimum absolute atomic E-state index is 0.0292. The molecule has 0 radical (unpaired) electrons. The fourth-order valence-electron chi connectivity index (χ4n) is 2.31. The SMILES string of the molecule is CC(N)c1nc(C(=O)N2CCCC2C(=O)N(C)C)cs1. The Morgan fingerprint density at radius 1 is 1.55 bits per heavy atom. The molecule has 1 aliphatic heterocycles. The van der Waals surface area contributed by atoms with Crippen LogP contribution in [0.3, 0.4) is 0 Å². The molecule has 1 aromatic heterocycles. The summed E-state index contributed by atoms with van der Waals surface area (Å²) in [4.78, 5) is 32.0. The zero-order valence-electron chi connectivity index (χ0n) is 12.0. The molecule has 0 spiro atoms. The Morgan fingerprint density at radius 3 is 2.80 bits per heavy atom. The first-order chi connectivity index (χ1) is 9.41.